The summed E-state index contributed by atoms with van der Waals surface area (Å²) >= 11 is 0. The lowest BCUT2D eigenvalue weighted by Crippen LogP contribution is -2.36. The lowest BCUT2D eigenvalue weighted by Gasteiger charge is -2.25. The number of hydrogen-bond acceptors (Lipinski definition) is 4. The molecule has 1 fully saturated rings. The number of hydrogen-bond donors (Lipinski definition) is 0. The highest BCUT2D eigenvalue weighted by atomic mass is 32.2. The fourth-order valence-electron chi connectivity index (χ4n) is 4.33. The summed E-state index contributed by atoms with van der Waals surface area (Å²) < 4.78 is 31.3. The van der Waals surface area contributed by atoms with E-state index in [1.165, 1.54) is 23.9 Å². The first-order valence-corrected chi connectivity index (χ1v) is 13.2. The van der Waals surface area contributed by atoms with Gasteiger partial charge in [-0.3, -0.25) is 18.6 Å². The molecule has 1 amide bonds. The molecule has 186 valence electrons. The molecule has 8 nitrogen and oxygen atoms in total. The molecule has 9 heteroatoms. The van der Waals surface area contributed by atoms with Crippen LogP contribution in [0.3, 0.4) is 0 Å². The normalized spacial score (nSPS) is 13.8. The standard InChI is InChI=1S/C26H32N4O4S/c1-18(2)17-29(21-14-15-21)25(31)20-10-9-13-23(16-20)35(33,34)28(5)24-19(3)27(4)30(26(24)32)22-11-7-6-8-12-22/h6-13,16,18,21H,14-15,17H2,1-5H3. The number of anilines is 1. The minimum atomic E-state index is -4.10. The second-order valence-electron chi connectivity index (χ2n) is 9.49. The van der Waals surface area contributed by atoms with Crippen LogP contribution in [0, 0.1) is 12.8 Å². The average molecular weight is 497 g/mol. The second-order valence-corrected chi connectivity index (χ2v) is 11.5. The largest absolute Gasteiger partial charge is 0.335 e. The molecule has 3 aromatic rings. The molecule has 1 aromatic heterocycles. The van der Waals surface area contributed by atoms with Gasteiger partial charge in [-0.1, -0.05) is 38.1 Å². The van der Waals surface area contributed by atoms with E-state index in [0.29, 0.717) is 29.4 Å². The van der Waals surface area contributed by atoms with Gasteiger partial charge in [0.1, 0.15) is 5.69 Å². The van der Waals surface area contributed by atoms with E-state index in [9.17, 15) is 18.0 Å². The van der Waals surface area contributed by atoms with Crippen LogP contribution < -0.4 is 9.86 Å². The molecule has 1 aliphatic rings. The van der Waals surface area contributed by atoms with Gasteiger partial charge in [0, 0.05) is 32.2 Å². The van der Waals surface area contributed by atoms with Gasteiger partial charge in [0.2, 0.25) is 0 Å². The summed E-state index contributed by atoms with van der Waals surface area (Å²) in [4.78, 5) is 28.4. The molecule has 0 spiro atoms. The molecule has 1 saturated carbocycles. The molecule has 0 unspecified atom stereocenters. The van der Waals surface area contributed by atoms with Gasteiger partial charge in [0.25, 0.3) is 21.5 Å². The van der Waals surface area contributed by atoms with E-state index in [4.69, 9.17) is 0 Å². The molecule has 0 atom stereocenters. The van der Waals surface area contributed by atoms with E-state index in [2.05, 4.69) is 13.8 Å². The Hall–Kier alpha value is -3.33. The zero-order chi connectivity index (χ0) is 25.5. The predicted octanol–water partition coefficient (Wildman–Crippen LogP) is 3.57. The Kier molecular flexibility index (Phi) is 6.64. The van der Waals surface area contributed by atoms with Gasteiger partial charge in [-0.15, -0.1) is 0 Å². The van der Waals surface area contributed by atoms with E-state index in [0.717, 1.165) is 17.1 Å². The smallest absolute Gasteiger partial charge is 0.296 e. The van der Waals surface area contributed by atoms with Crippen LogP contribution in [-0.4, -0.2) is 48.2 Å². The fourth-order valence-corrected chi connectivity index (χ4v) is 5.62. The molecular formula is C26H32N4O4S. The molecule has 0 saturated heterocycles. The molecule has 2 aromatic carbocycles. The zero-order valence-electron chi connectivity index (χ0n) is 20.8. The van der Waals surface area contributed by atoms with Crippen LogP contribution in [0.15, 0.2) is 64.3 Å². The van der Waals surface area contributed by atoms with Crippen LogP contribution in [0.4, 0.5) is 5.69 Å². The summed E-state index contributed by atoms with van der Waals surface area (Å²) in [6.07, 6.45) is 1.94. The Morgan fingerprint density at radius 1 is 1.09 bits per heavy atom. The summed E-state index contributed by atoms with van der Waals surface area (Å²) in [7, 11) is -1.01. The van der Waals surface area contributed by atoms with Crippen LogP contribution in [-0.2, 0) is 17.1 Å². The molecule has 1 heterocycles. The molecule has 1 aliphatic carbocycles. The minimum absolute atomic E-state index is 0.0277. The van der Waals surface area contributed by atoms with Gasteiger partial charge in [-0.25, -0.2) is 13.1 Å². The van der Waals surface area contributed by atoms with E-state index in [-0.39, 0.29) is 22.5 Å². The van der Waals surface area contributed by atoms with Gasteiger partial charge in [0.05, 0.1) is 16.3 Å². The summed E-state index contributed by atoms with van der Waals surface area (Å²) in [6, 6.07) is 15.4. The highest BCUT2D eigenvalue weighted by molar-refractivity contribution is 7.92. The minimum Gasteiger partial charge on any atom is -0.335 e. The third-order valence-corrected chi connectivity index (χ3v) is 8.14. The van der Waals surface area contributed by atoms with Gasteiger partial charge in [-0.05, 0) is 56.0 Å². The van der Waals surface area contributed by atoms with E-state index in [1.807, 2.05) is 23.1 Å². The Balaban J connectivity index is 1.71. The van der Waals surface area contributed by atoms with Gasteiger partial charge in [-0.2, -0.15) is 0 Å². The molecule has 4 rings (SSSR count). The van der Waals surface area contributed by atoms with Crippen molar-refractivity contribution in [2.24, 2.45) is 13.0 Å². The predicted molar refractivity (Wildman–Crippen MR) is 137 cm³/mol. The highest BCUT2D eigenvalue weighted by Crippen LogP contribution is 2.30. The number of nitrogens with zero attached hydrogens (tertiary/aromatic N) is 4. The average Bonchev–Trinajstić information content (AvgIpc) is 3.65. The van der Waals surface area contributed by atoms with Gasteiger partial charge >= 0.3 is 0 Å². The maximum Gasteiger partial charge on any atom is 0.296 e. The molecular weight excluding hydrogens is 464 g/mol. The van der Waals surface area contributed by atoms with Crippen molar-refractivity contribution in [1.29, 1.82) is 0 Å². The number of rotatable bonds is 8. The van der Waals surface area contributed by atoms with Crippen LogP contribution in [0.25, 0.3) is 5.69 Å². The van der Waals surface area contributed by atoms with Crippen LogP contribution >= 0.6 is 0 Å². The van der Waals surface area contributed by atoms with Crippen molar-refractivity contribution >= 4 is 21.6 Å². The monoisotopic (exact) mass is 496 g/mol. The Morgan fingerprint density at radius 2 is 1.74 bits per heavy atom. The lowest BCUT2D eigenvalue weighted by molar-refractivity contribution is 0.0722. The third kappa shape index (κ3) is 4.65. The maximum atomic E-state index is 13.6. The second kappa shape index (κ2) is 9.37. The van der Waals surface area contributed by atoms with Gasteiger partial charge in [0.15, 0.2) is 0 Å². The number of carbonyl (C=O) groups is 1. The van der Waals surface area contributed by atoms with E-state index >= 15 is 0 Å². The van der Waals surface area contributed by atoms with Crippen LogP contribution in [0.1, 0.15) is 42.7 Å². The van der Waals surface area contributed by atoms with Gasteiger partial charge < -0.3 is 4.90 Å². The quantitative estimate of drug-likeness (QED) is 0.477. The molecule has 0 aliphatic heterocycles. The molecule has 0 bridgehead atoms. The van der Waals surface area contributed by atoms with Crippen molar-refractivity contribution in [2.75, 3.05) is 17.9 Å². The summed E-state index contributed by atoms with van der Waals surface area (Å²) in [5.41, 5.74) is 1.10. The zero-order valence-corrected chi connectivity index (χ0v) is 21.6. The molecule has 0 radical (unpaired) electrons. The topological polar surface area (TPSA) is 84.6 Å². The van der Waals surface area contributed by atoms with Crippen molar-refractivity contribution < 1.29 is 13.2 Å². The number of benzene rings is 2. The Morgan fingerprint density at radius 3 is 2.34 bits per heavy atom. The van der Waals surface area contributed by atoms with Crippen LogP contribution in [0.2, 0.25) is 0 Å². The first kappa shape index (κ1) is 24.8. The van der Waals surface area contributed by atoms with E-state index < -0.39 is 15.6 Å². The number of aromatic nitrogens is 2. The lowest BCUT2D eigenvalue weighted by atomic mass is 10.1. The highest BCUT2D eigenvalue weighted by Gasteiger charge is 2.34. The number of para-hydroxylation sites is 1. The van der Waals surface area contributed by atoms with Crippen molar-refractivity contribution in [1.82, 2.24) is 14.3 Å². The Bertz CT molecular complexity index is 1400. The first-order valence-electron chi connectivity index (χ1n) is 11.8. The third-order valence-electron chi connectivity index (χ3n) is 6.39. The SMILES string of the molecule is Cc1c(N(C)S(=O)(=O)c2cccc(C(=O)N(CC(C)C)C3CC3)c2)c(=O)n(-c2ccccc2)n1C. The van der Waals surface area contributed by atoms with Crippen molar-refractivity contribution in [3.8, 4) is 5.69 Å². The summed E-state index contributed by atoms with van der Waals surface area (Å²) in [5.74, 6) is 0.147. The Labute approximate surface area is 206 Å². The van der Waals surface area contributed by atoms with Crippen molar-refractivity contribution in [2.45, 2.75) is 44.6 Å². The summed E-state index contributed by atoms with van der Waals surface area (Å²) in [6.45, 7) is 6.45. The number of sulfonamides is 1. The number of carbonyl (C=O) groups excluding carboxylic acids is 1. The van der Waals surface area contributed by atoms with Crippen LogP contribution in [0.5, 0.6) is 0 Å². The van der Waals surface area contributed by atoms with Crippen molar-refractivity contribution in [3.05, 3.63) is 76.2 Å². The number of amides is 1. The first-order chi connectivity index (χ1) is 16.5. The molecule has 35 heavy (non-hydrogen) atoms. The summed E-state index contributed by atoms with van der Waals surface area (Å²) in [5, 5.41) is 0. The van der Waals surface area contributed by atoms with E-state index in [1.54, 1.807) is 42.9 Å². The maximum absolute atomic E-state index is 13.6. The molecule has 0 N–H and O–H groups in total. The van der Waals surface area contributed by atoms with Crippen molar-refractivity contribution in [3.63, 3.8) is 0 Å². The fraction of sp³-hybridized carbons (Fsp3) is 0.385.